The van der Waals surface area contributed by atoms with Gasteiger partial charge >= 0.3 is 0 Å². The van der Waals surface area contributed by atoms with E-state index in [1.807, 2.05) is 6.07 Å². The SMILES string of the molecule is CCCCCC(C)Nc1cc(N)cc(Cl)n1. The minimum atomic E-state index is 0.400. The van der Waals surface area contributed by atoms with Crippen LogP contribution in [0, 0.1) is 0 Å². The highest BCUT2D eigenvalue weighted by molar-refractivity contribution is 6.29. The van der Waals surface area contributed by atoms with Gasteiger partial charge in [0.15, 0.2) is 0 Å². The number of nitrogen functional groups attached to an aromatic ring is 1. The summed E-state index contributed by atoms with van der Waals surface area (Å²) in [5.74, 6) is 0.758. The number of anilines is 2. The summed E-state index contributed by atoms with van der Waals surface area (Å²) in [5, 5.41) is 3.74. The van der Waals surface area contributed by atoms with E-state index in [-0.39, 0.29) is 0 Å². The van der Waals surface area contributed by atoms with Gasteiger partial charge in [0.25, 0.3) is 0 Å². The third kappa shape index (κ3) is 4.71. The third-order valence-electron chi connectivity index (χ3n) is 2.45. The van der Waals surface area contributed by atoms with Crippen LogP contribution >= 0.6 is 11.6 Å². The topological polar surface area (TPSA) is 50.9 Å². The zero-order valence-electron chi connectivity index (χ0n) is 9.96. The van der Waals surface area contributed by atoms with E-state index in [4.69, 9.17) is 17.3 Å². The Morgan fingerprint density at radius 1 is 1.44 bits per heavy atom. The molecule has 1 rings (SSSR count). The Kier molecular flexibility index (Phi) is 5.39. The number of aromatic nitrogens is 1. The summed E-state index contributed by atoms with van der Waals surface area (Å²) in [5.41, 5.74) is 6.33. The molecule has 3 N–H and O–H groups in total. The predicted octanol–water partition coefficient (Wildman–Crippen LogP) is 3.70. The molecule has 3 nitrogen and oxygen atoms in total. The molecule has 1 aromatic rings. The molecule has 0 aliphatic rings. The van der Waals surface area contributed by atoms with E-state index in [1.54, 1.807) is 6.07 Å². The number of nitrogens with zero attached hydrogens (tertiary/aromatic N) is 1. The lowest BCUT2D eigenvalue weighted by Gasteiger charge is -2.14. The molecule has 0 bridgehead atoms. The van der Waals surface area contributed by atoms with E-state index in [0.717, 1.165) is 12.2 Å². The quantitative estimate of drug-likeness (QED) is 0.590. The van der Waals surface area contributed by atoms with E-state index in [1.165, 1.54) is 19.3 Å². The number of hydrogen-bond acceptors (Lipinski definition) is 3. The van der Waals surface area contributed by atoms with E-state index in [0.29, 0.717) is 16.9 Å². The van der Waals surface area contributed by atoms with Crippen molar-refractivity contribution < 1.29 is 0 Å². The molecule has 0 fully saturated rings. The maximum Gasteiger partial charge on any atom is 0.133 e. The summed E-state index contributed by atoms with van der Waals surface area (Å²) in [7, 11) is 0. The van der Waals surface area contributed by atoms with Crippen molar-refractivity contribution in [3.8, 4) is 0 Å². The molecule has 0 saturated carbocycles. The minimum Gasteiger partial charge on any atom is -0.399 e. The van der Waals surface area contributed by atoms with Crippen LogP contribution in [-0.4, -0.2) is 11.0 Å². The predicted molar refractivity (Wildman–Crippen MR) is 70.9 cm³/mol. The smallest absolute Gasteiger partial charge is 0.133 e. The molecule has 1 atom stereocenters. The molecular weight excluding hydrogens is 222 g/mol. The molecule has 0 amide bonds. The van der Waals surface area contributed by atoms with Crippen molar-refractivity contribution in [1.82, 2.24) is 4.98 Å². The summed E-state index contributed by atoms with van der Waals surface area (Å²) in [6.07, 6.45) is 4.90. The molecule has 0 aliphatic carbocycles. The molecule has 90 valence electrons. The highest BCUT2D eigenvalue weighted by atomic mass is 35.5. The van der Waals surface area contributed by atoms with Crippen LogP contribution in [0.2, 0.25) is 5.15 Å². The first-order chi connectivity index (χ1) is 7.61. The van der Waals surface area contributed by atoms with Gasteiger partial charge < -0.3 is 11.1 Å². The monoisotopic (exact) mass is 241 g/mol. The van der Waals surface area contributed by atoms with Crippen molar-refractivity contribution in [2.45, 2.75) is 45.6 Å². The van der Waals surface area contributed by atoms with E-state index in [9.17, 15) is 0 Å². The Morgan fingerprint density at radius 2 is 2.19 bits per heavy atom. The highest BCUT2D eigenvalue weighted by Crippen LogP contribution is 2.17. The second-order valence-corrected chi connectivity index (χ2v) is 4.54. The minimum absolute atomic E-state index is 0.400. The summed E-state index contributed by atoms with van der Waals surface area (Å²) in [6.45, 7) is 4.35. The largest absolute Gasteiger partial charge is 0.399 e. The van der Waals surface area contributed by atoms with Crippen LogP contribution in [0.25, 0.3) is 0 Å². The second-order valence-electron chi connectivity index (χ2n) is 4.15. The zero-order chi connectivity index (χ0) is 12.0. The van der Waals surface area contributed by atoms with Crippen LogP contribution in [0.15, 0.2) is 12.1 Å². The van der Waals surface area contributed by atoms with Gasteiger partial charge in [-0.2, -0.15) is 0 Å². The van der Waals surface area contributed by atoms with Gasteiger partial charge in [0.2, 0.25) is 0 Å². The van der Waals surface area contributed by atoms with Crippen LogP contribution in [0.5, 0.6) is 0 Å². The van der Waals surface area contributed by atoms with Gasteiger partial charge in [0.1, 0.15) is 11.0 Å². The number of nitrogens with two attached hydrogens (primary N) is 1. The normalized spacial score (nSPS) is 12.4. The van der Waals surface area contributed by atoms with Crippen molar-refractivity contribution in [3.05, 3.63) is 17.3 Å². The standard InChI is InChI=1S/C12H20ClN3/c1-3-4-5-6-9(2)15-12-8-10(14)7-11(13)16-12/h7-9H,3-6H2,1-2H3,(H3,14,15,16). The maximum absolute atomic E-state index is 5.83. The van der Waals surface area contributed by atoms with Gasteiger partial charge in [0, 0.05) is 17.8 Å². The fraction of sp³-hybridized carbons (Fsp3) is 0.583. The number of hydrogen-bond donors (Lipinski definition) is 2. The average molecular weight is 242 g/mol. The molecule has 4 heteroatoms. The summed E-state index contributed by atoms with van der Waals surface area (Å²) in [4.78, 5) is 4.18. The first-order valence-electron chi connectivity index (χ1n) is 5.81. The summed E-state index contributed by atoms with van der Waals surface area (Å²) < 4.78 is 0. The van der Waals surface area contributed by atoms with Crippen molar-refractivity contribution in [2.75, 3.05) is 11.1 Å². The first kappa shape index (κ1) is 13.1. The van der Waals surface area contributed by atoms with Crippen LogP contribution < -0.4 is 11.1 Å². The Balaban J connectivity index is 2.45. The average Bonchev–Trinajstić information content (AvgIpc) is 2.16. The molecule has 0 spiro atoms. The lowest BCUT2D eigenvalue weighted by molar-refractivity contribution is 0.614. The lowest BCUT2D eigenvalue weighted by Crippen LogP contribution is -2.16. The Hall–Kier alpha value is -0.960. The fourth-order valence-electron chi connectivity index (χ4n) is 1.62. The molecule has 0 aromatic carbocycles. The van der Waals surface area contributed by atoms with Crippen molar-refractivity contribution in [1.29, 1.82) is 0 Å². The van der Waals surface area contributed by atoms with Crippen LogP contribution in [-0.2, 0) is 0 Å². The van der Waals surface area contributed by atoms with Gasteiger partial charge in [-0.05, 0) is 19.4 Å². The van der Waals surface area contributed by atoms with Crippen LogP contribution in [0.3, 0.4) is 0 Å². The molecule has 0 aliphatic heterocycles. The van der Waals surface area contributed by atoms with E-state index >= 15 is 0 Å². The van der Waals surface area contributed by atoms with Crippen molar-refractivity contribution in [2.24, 2.45) is 0 Å². The fourth-order valence-corrected chi connectivity index (χ4v) is 1.83. The molecule has 16 heavy (non-hydrogen) atoms. The van der Waals surface area contributed by atoms with Gasteiger partial charge in [-0.3, -0.25) is 0 Å². The summed E-state index contributed by atoms with van der Waals surface area (Å²) in [6, 6.07) is 3.85. The Bertz CT molecular complexity index is 308. The third-order valence-corrected chi connectivity index (χ3v) is 2.65. The second kappa shape index (κ2) is 6.59. The maximum atomic E-state index is 5.83. The molecule has 1 heterocycles. The number of unbranched alkanes of at least 4 members (excludes halogenated alkanes) is 2. The molecule has 0 radical (unpaired) electrons. The van der Waals surface area contributed by atoms with Crippen molar-refractivity contribution >= 4 is 23.1 Å². The Morgan fingerprint density at radius 3 is 2.81 bits per heavy atom. The number of pyridine rings is 1. The Labute approximate surface area is 102 Å². The molecule has 1 unspecified atom stereocenters. The van der Waals surface area contributed by atoms with E-state index in [2.05, 4.69) is 24.1 Å². The number of halogens is 1. The van der Waals surface area contributed by atoms with Gasteiger partial charge in [-0.15, -0.1) is 0 Å². The van der Waals surface area contributed by atoms with Gasteiger partial charge in [-0.1, -0.05) is 37.8 Å². The number of nitrogens with one attached hydrogen (secondary N) is 1. The molecular formula is C12H20ClN3. The molecule has 1 aromatic heterocycles. The molecule has 0 saturated heterocycles. The zero-order valence-corrected chi connectivity index (χ0v) is 10.7. The summed E-state index contributed by atoms with van der Waals surface area (Å²) >= 11 is 5.83. The lowest BCUT2D eigenvalue weighted by atomic mass is 10.1. The van der Waals surface area contributed by atoms with Crippen molar-refractivity contribution in [3.63, 3.8) is 0 Å². The number of rotatable bonds is 6. The highest BCUT2D eigenvalue weighted by Gasteiger charge is 2.04. The first-order valence-corrected chi connectivity index (χ1v) is 6.19. The van der Waals surface area contributed by atoms with Gasteiger partial charge in [0.05, 0.1) is 0 Å². The van der Waals surface area contributed by atoms with Crippen LogP contribution in [0.1, 0.15) is 39.5 Å². The van der Waals surface area contributed by atoms with Crippen LogP contribution in [0.4, 0.5) is 11.5 Å². The van der Waals surface area contributed by atoms with E-state index < -0.39 is 0 Å². The van der Waals surface area contributed by atoms with Gasteiger partial charge in [-0.25, -0.2) is 4.98 Å².